The van der Waals surface area contributed by atoms with Gasteiger partial charge in [-0.05, 0) is 24.6 Å². The van der Waals surface area contributed by atoms with Crippen molar-refractivity contribution in [3.05, 3.63) is 30.6 Å². The number of rotatable bonds is 5. The molecule has 0 bridgehead atoms. The number of H-pyrrole nitrogens is 1. The van der Waals surface area contributed by atoms with Gasteiger partial charge in [-0.25, -0.2) is 0 Å². The molecule has 0 unspecified atom stereocenters. The van der Waals surface area contributed by atoms with Crippen molar-refractivity contribution in [2.24, 2.45) is 0 Å². The molecule has 0 radical (unpaired) electrons. The van der Waals surface area contributed by atoms with Gasteiger partial charge in [0.1, 0.15) is 5.75 Å². The zero-order chi connectivity index (χ0) is 11.2. The molecule has 2 heterocycles. The lowest BCUT2D eigenvalue weighted by molar-refractivity contribution is 0.308. The molecule has 0 spiro atoms. The van der Waals surface area contributed by atoms with Crippen molar-refractivity contribution in [1.82, 2.24) is 15.2 Å². The standard InChI is InChI=1S/C12H15N3O/c1-2-3-8-16-10-4-5-11(13-9-10)12-6-7-14-15-12/h4-7,9H,2-3,8H2,1H3,(H,14,15). The summed E-state index contributed by atoms with van der Waals surface area (Å²) in [5, 5.41) is 6.76. The van der Waals surface area contributed by atoms with Gasteiger partial charge in [-0.3, -0.25) is 10.1 Å². The van der Waals surface area contributed by atoms with Crippen LogP contribution in [-0.4, -0.2) is 21.8 Å². The highest BCUT2D eigenvalue weighted by Gasteiger charge is 2.00. The third kappa shape index (κ3) is 2.59. The van der Waals surface area contributed by atoms with E-state index in [1.165, 1.54) is 0 Å². The summed E-state index contributed by atoms with van der Waals surface area (Å²) in [4.78, 5) is 4.30. The molecule has 0 aliphatic rings. The summed E-state index contributed by atoms with van der Waals surface area (Å²) in [6.07, 6.45) is 5.66. The van der Waals surface area contributed by atoms with Crippen molar-refractivity contribution >= 4 is 0 Å². The summed E-state index contributed by atoms with van der Waals surface area (Å²) in [5.74, 6) is 0.816. The van der Waals surface area contributed by atoms with Crippen LogP contribution in [0.25, 0.3) is 11.4 Å². The summed E-state index contributed by atoms with van der Waals surface area (Å²) in [6.45, 7) is 2.89. The molecule has 0 amide bonds. The number of nitrogens with one attached hydrogen (secondary N) is 1. The Hall–Kier alpha value is -1.84. The lowest BCUT2D eigenvalue weighted by atomic mass is 10.3. The second kappa shape index (κ2) is 5.30. The van der Waals surface area contributed by atoms with Gasteiger partial charge in [-0.15, -0.1) is 0 Å². The van der Waals surface area contributed by atoms with E-state index in [4.69, 9.17) is 4.74 Å². The summed E-state index contributed by atoms with van der Waals surface area (Å²) < 4.78 is 5.53. The Morgan fingerprint density at radius 3 is 2.88 bits per heavy atom. The second-order valence-corrected chi connectivity index (χ2v) is 3.55. The maximum Gasteiger partial charge on any atom is 0.137 e. The molecule has 0 fully saturated rings. The first-order valence-corrected chi connectivity index (χ1v) is 5.48. The third-order valence-electron chi connectivity index (χ3n) is 2.28. The minimum Gasteiger partial charge on any atom is -0.492 e. The van der Waals surface area contributed by atoms with Crippen LogP contribution in [0.1, 0.15) is 19.8 Å². The van der Waals surface area contributed by atoms with E-state index in [2.05, 4.69) is 22.1 Å². The highest BCUT2D eigenvalue weighted by Crippen LogP contribution is 2.16. The molecule has 0 aliphatic heterocycles. The minimum atomic E-state index is 0.752. The van der Waals surface area contributed by atoms with E-state index in [0.717, 1.165) is 36.6 Å². The summed E-state index contributed by atoms with van der Waals surface area (Å²) in [5.41, 5.74) is 1.79. The predicted molar refractivity (Wildman–Crippen MR) is 62.2 cm³/mol. The molecule has 4 nitrogen and oxygen atoms in total. The number of unbranched alkanes of at least 4 members (excludes halogenated alkanes) is 1. The van der Waals surface area contributed by atoms with Gasteiger partial charge in [0.05, 0.1) is 24.2 Å². The fourth-order valence-corrected chi connectivity index (χ4v) is 1.36. The fourth-order valence-electron chi connectivity index (χ4n) is 1.36. The van der Waals surface area contributed by atoms with Crippen LogP contribution in [0.15, 0.2) is 30.6 Å². The maximum atomic E-state index is 5.53. The number of hydrogen-bond donors (Lipinski definition) is 1. The fraction of sp³-hybridized carbons (Fsp3) is 0.333. The molecule has 0 atom stereocenters. The van der Waals surface area contributed by atoms with Gasteiger partial charge in [0.15, 0.2) is 0 Å². The topological polar surface area (TPSA) is 50.8 Å². The largest absolute Gasteiger partial charge is 0.492 e. The first-order valence-electron chi connectivity index (χ1n) is 5.48. The Morgan fingerprint density at radius 2 is 2.25 bits per heavy atom. The van der Waals surface area contributed by atoms with Crippen LogP contribution in [0.4, 0.5) is 0 Å². The van der Waals surface area contributed by atoms with Crippen molar-refractivity contribution in [1.29, 1.82) is 0 Å². The summed E-state index contributed by atoms with van der Waals surface area (Å²) in [7, 11) is 0. The van der Waals surface area contributed by atoms with Crippen LogP contribution in [0.3, 0.4) is 0 Å². The second-order valence-electron chi connectivity index (χ2n) is 3.55. The number of aromatic amines is 1. The average molecular weight is 217 g/mol. The van der Waals surface area contributed by atoms with E-state index >= 15 is 0 Å². The van der Waals surface area contributed by atoms with Gasteiger partial charge in [0.25, 0.3) is 0 Å². The van der Waals surface area contributed by atoms with Gasteiger partial charge in [-0.2, -0.15) is 5.10 Å². The van der Waals surface area contributed by atoms with Crippen LogP contribution in [-0.2, 0) is 0 Å². The molecule has 84 valence electrons. The molecule has 16 heavy (non-hydrogen) atoms. The molecular weight excluding hydrogens is 202 g/mol. The average Bonchev–Trinajstić information content (AvgIpc) is 2.84. The Bertz CT molecular complexity index is 408. The summed E-state index contributed by atoms with van der Waals surface area (Å²) >= 11 is 0. The quantitative estimate of drug-likeness (QED) is 0.783. The van der Waals surface area contributed by atoms with E-state index in [0.29, 0.717) is 0 Å². The minimum absolute atomic E-state index is 0.752. The third-order valence-corrected chi connectivity index (χ3v) is 2.28. The van der Waals surface area contributed by atoms with E-state index in [1.54, 1.807) is 12.4 Å². The van der Waals surface area contributed by atoms with Crippen molar-refractivity contribution in [2.75, 3.05) is 6.61 Å². The summed E-state index contributed by atoms with van der Waals surface area (Å²) in [6, 6.07) is 5.74. The van der Waals surface area contributed by atoms with Gasteiger partial charge >= 0.3 is 0 Å². The first-order chi connectivity index (χ1) is 7.90. The van der Waals surface area contributed by atoms with Crippen molar-refractivity contribution in [2.45, 2.75) is 19.8 Å². The van der Waals surface area contributed by atoms with E-state index in [1.807, 2.05) is 18.2 Å². The number of pyridine rings is 1. The van der Waals surface area contributed by atoms with E-state index < -0.39 is 0 Å². The highest BCUT2D eigenvalue weighted by molar-refractivity contribution is 5.53. The molecule has 0 aromatic carbocycles. The van der Waals surface area contributed by atoms with Crippen molar-refractivity contribution in [3.63, 3.8) is 0 Å². The SMILES string of the molecule is CCCCOc1ccc(-c2ccn[nH]2)nc1. The monoisotopic (exact) mass is 217 g/mol. The van der Waals surface area contributed by atoms with Crippen LogP contribution in [0.2, 0.25) is 0 Å². The lowest BCUT2D eigenvalue weighted by Crippen LogP contribution is -1.96. The van der Waals surface area contributed by atoms with Gasteiger partial charge in [-0.1, -0.05) is 13.3 Å². The Labute approximate surface area is 94.7 Å². The van der Waals surface area contributed by atoms with Crippen LogP contribution < -0.4 is 4.74 Å². The molecule has 4 heteroatoms. The van der Waals surface area contributed by atoms with Crippen molar-refractivity contribution in [3.8, 4) is 17.1 Å². The lowest BCUT2D eigenvalue weighted by Gasteiger charge is -2.04. The zero-order valence-corrected chi connectivity index (χ0v) is 9.31. The van der Waals surface area contributed by atoms with Crippen molar-refractivity contribution < 1.29 is 4.74 Å². The molecule has 0 saturated carbocycles. The van der Waals surface area contributed by atoms with Crippen LogP contribution in [0.5, 0.6) is 5.75 Å². The molecule has 0 aliphatic carbocycles. The Kier molecular flexibility index (Phi) is 3.53. The van der Waals surface area contributed by atoms with Gasteiger partial charge < -0.3 is 4.74 Å². The van der Waals surface area contributed by atoms with E-state index in [9.17, 15) is 0 Å². The molecule has 2 aromatic rings. The Morgan fingerprint density at radius 1 is 1.31 bits per heavy atom. The predicted octanol–water partition coefficient (Wildman–Crippen LogP) is 2.65. The normalized spacial score (nSPS) is 10.3. The maximum absolute atomic E-state index is 5.53. The van der Waals surface area contributed by atoms with Gasteiger partial charge in [0, 0.05) is 6.20 Å². The van der Waals surface area contributed by atoms with Gasteiger partial charge in [0.2, 0.25) is 0 Å². The molecular formula is C12H15N3O. The smallest absolute Gasteiger partial charge is 0.137 e. The van der Waals surface area contributed by atoms with E-state index in [-0.39, 0.29) is 0 Å². The molecule has 2 aromatic heterocycles. The number of hydrogen-bond acceptors (Lipinski definition) is 3. The molecule has 0 saturated heterocycles. The zero-order valence-electron chi connectivity index (χ0n) is 9.31. The highest BCUT2D eigenvalue weighted by atomic mass is 16.5. The Balaban J connectivity index is 2.00. The van der Waals surface area contributed by atoms with Crippen LogP contribution in [0, 0.1) is 0 Å². The number of ether oxygens (including phenoxy) is 1. The van der Waals surface area contributed by atoms with Crippen LogP contribution >= 0.6 is 0 Å². The number of nitrogens with zero attached hydrogens (tertiary/aromatic N) is 2. The molecule has 1 N–H and O–H groups in total. The first kappa shape index (κ1) is 10.7. The molecule has 2 rings (SSSR count). The number of aromatic nitrogens is 3.